The van der Waals surface area contributed by atoms with Crippen molar-refractivity contribution in [3.8, 4) is 11.8 Å². The summed E-state index contributed by atoms with van der Waals surface area (Å²) in [5.41, 5.74) is 4.87. The van der Waals surface area contributed by atoms with E-state index in [1.165, 1.54) is 18.2 Å². The Morgan fingerprint density at radius 3 is 2.73 bits per heavy atom. The number of nitriles is 1. The quantitative estimate of drug-likeness (QED) is 0.830. The summed E-state index contributed by atoms with van der Waals surface area (Å²) < 4.78 is 20.0. The van der Waals surface area contributed by atoms with E-state index in [4.69, 9.17) is 15.7 Å². The summed E-state index contributed by atoms with van der Waals surface area (Å²) in [6, 6.07) is 6.73. The smallest absolute Gasteiger partial charge is 0.260 e. The molecule has 0 saturated carbocycles. The van der Waals surface area contributed by atoms with Gasteiger partial charge in [0.25, 0.3) is 5.56 Å². The molecule has 1 saturated heterocycles. The Kier molecular flexibility index (Phi) is 4.95. The summed E-state index contributed by atoms with van der Waals surface area (Å²) >= 11 is 0. The van der Waals surface area contributed by atoms with Gasteiger partial charge in [0.05, 0.1) is 30.9 Å². The van der Waals surface area contributed by atoms with E-state index < -0.39 is 17.3 Å². The Labute approximate surface area is 148 Å². The molecule has 1 aromatic carbocycles. The zero-order valence-corrected chi connectivity index (χ0v) is 13.8. The van der Waals surface area contributed by atoms with E-state index in [9.17, 15) is 14.0 Å². The number of benzene rings is 1. The van der Waals surface area contributed by atoms with Gasteiger partial charge in [-0.25, -0.2) is 9.37 Å². The average molecular weight is 357 g/mol. The molecule has 2 aromatic rings. The Hall–Kier alpha value is -3.25. The molecule has 0 aliphatic carbocycles. The van der Waals surface area contributed by atoms with Crippen LogP contribution in [0.1, 0.15) is 11.4 Å². The topological polar surface area (TPSA) is 114 Å². The number of rotatable bonds is 4. The fraction of sp³-hybridized carbons (Fsp3) is 0.294. The van der Waals surface area contributed by atoms with Crippen LogP contribution in [0, 0.1) is 17.1 Å². The molecule has 2 N–H and O–H groups in total. The van der Waals surface area contributed by atoms with Crippen molar-refractivity contribution in [1.82, 2.24) is 9.55 Å². The standard InChI is InChI=1S/C17H16FN5O3/c18-13-2-1-12(7-11(13)10-19)23-16(8-14(20)24)21-15(9-17(23)25)22-3-5-26-6-4-22/h1-2,7,9H,3-6,8H2,(H2,20,24). The first-order chi connectivity index (χ1) is 12.5. The Morgan fingerprint density at radius 1 is 1.35 bits per heavy atom. The number of nitrogens with zero attached hydrogens (tertiary/aromatic N) is 4. The molecule has 1 aliphatic heterocycles. The molecule has 1 aromatic heterocycles. The highest BCUT2D eigenvalue weighted by molar-refractivity contribution is 5.76. The Morgan fingerprint density at radius 2 is 2.08 bits per heavy atom. The minimum atomic E-state index is -0.696. The highest BCUT2D eigenvalue weighted by Crippen LogP contribution is 2.17. The lowest BCUT2D eigenvalue weighted by Gasteiger charge is -2.28. The van der Waals surface area contributed by atoms with Crippen LogP contribution in [0.15, 0.2) is 29.1 Å². The molecule has 1 aliphatic rings. The van der Waals surface area contributed by atoms with E-state index >= 15 is 0 Å². The molecule has 9 heteroatoms. The largest absolute Gasteiger partial charge is 0.378 e. The van der Waals surface area contributed by atoms with Crippen LogP contribution < -0.4 is 16.2 Å². The maximum absolute atomic E-state index is 13.6. The Balaban J connectivity index is 2.13. The second kappa shape index (κ2) is 7.33. The van der Waals surface area contributed by atoms with Crippen molar-refractivity contribution in [3.05, 3.63) is 51.8 Å². The summed E-state index contributed by atoms with van der Waals surface area (Å²) in [5.74, 6) is -0.804. The van der Waals surface area contributed by atoms with Crippen LogP contribution in [-0.4, -0.2) is 41.8 Å². The highest BCUT2D eigenvalue weighted by atomic mass is 19.1. The minimum absolute atomic E-state index is 0.127. The van der Waals surface area contributed by atoms with Gasteiger partial charge in [-0.15, -0.1) is 0 Å². The van der Waals surface area contributed by atoms with Crippen LogP contribution in [0.5, 0.6) is 0 Å². The second-order valence-electron chi connectivity index (χ2n) is 5.72. The van der Waals surface area contributed by atoms with Gasteiger partial charge in [0.15, 0.2) is 0 Å². The molecule has 0 unspecified atom stereocenters. The number of carbonyl (C=O) groups is 1. The van der Waals surface area contributed by atoms with Crippen molar-refractivity contribution in [2.75, 3.05) is 31.2 Å². The third-order valence-corrected chi connectivity index (χ3v) is 3.97. The van der Waals surface area contributed by atoms with E-state index in [1.54, 1.807) is 6.07 Å². The number of primary amides is 1. The maximum Gasteiger partial charge on any atom is 0.260 e. The number of nitrogens with two attached hydrogens (primary N) is 1. The van der Waals surface area contributed by atoms with Crippen LogP contribution in [-0.2, 0) is 16.0 Å². The molecule has 134 valence electrons. The molecule has 0 atom stereocenters. The van der Waals surface area contributed by atoms with Crippen molar-refractivity contribution in [3.63, 3.8) is 0 Å². The molecular formula is C17H16FN5O3. The molecule has 2 heterocycles. The number of halogens is 1. The molecule has 0 radical (unpaired) electrons. The van der Waals surface area contributed by atoms with Gasteiger partial charge < -0.3 is 15.4 Å². The summed E-state index contributed by atoms with van der Waals surface area (Å²) in [6.45, 7) is 2.17. The van der Waals surface area contributed by atoms with E-state index in [0.29, 0.717) is 32.1 Å². The number of ether oxygens (including phenoxy) is 1. The average Bonchev–Trinajstić information content (AvgIpc) is 2.62. The van der Waals surface area contributed by atoms with Gasteiger partial charge in [-0.2, -0.15) is 5.26 Å². The summed E-state index contributed by atoms with van der Waals surface area (Å²) in [5, 5.41) is 9.00. The lowest BCUT2D eigenvalue weighted by atomic mass is 10.2. The van der Waals surface area contributed by atoms with Crippen molar-refractivity contribution in [2.45, 2.75) is 6.42 Å². The normalized spacial score (nSPS) is 14.1. The van der Waals surface area contributed by atoms with Gasteiger partial charge in [-0.3, -0.25) is 14.2 Å². The monoisotopic (exact) mass is 357 g/mol. The first kappa shape index (κ1) is 17.6. The van der Waals surface area contributed by atoms with Crippen LogP contribution >= 0.6 is 0 Å². The number of amides is 1. The van der Waals surface area contributed by atoms with Crippen LogP contribution in [0.2, 0.25) is 0 Å². The number of carbonyl (C=O) groups excluding carboxylic acids is 1. The zero-order chi connectivity index (χ0) is 18.7. The Bertz CT molecular complexity index is 944. The molecule has 1 amide bonds. The van der Waals surface area contributed by atoms with Crippen molar-refractivity contribution >= 4 is 11.7 Å². The van der Waals surface area contributed by atoms with Crippen LogP contribution in [0.25, 0.3) is 5.69 Å². The second-order valence-corrected chi connectivity index (χ2v) is 5.72. The summed E-state index contributed by atoms with van der Waals surface area (Å²) in [7, 11) is 0. The van der Waals surface area contributed by atoms with Gasteiger partial charge in [-0.1, -0.05) is 0 Å². The summed E-state index contributed by atoms with van der Waals surface area (Å²) in [6.07, 6.45) is -0.271. The van der Waals surface area contributed by atoms with Gasteiger partial charge in [0.1, 0.15) is 23.5 Å². The molecular weight excluding hydrogens is 341 g/mol. The number of hydrogen-bond donors (Lipinski definition) is 1. The molecule has 26 heavy (non-hydrogen) atoms. The molecule has 1 fully saturated rings. The fourth-order valence-corrected chi connectivity index (χ4v) is 2.76. The van der Waals surface area contributed by atoms with E-state index in [-0.39, 0.29) is 23.5 Å². The molecule has 0 spiro atoms. The number of hydrogen-bond acceptors (Lipinski definition) is 6. The van der Waals surface area contributed by atoms with Crippen molar-refractivity contribution in [2.24, 2.45) is 5.73 Å². The number of anilines is 1. The lowest BCUT2D eigenvalue weighted by Crippen LogP contribution is -2.38. The third kappa shape index (κ3) is 3.55. The highest BCUT2D eigenvalue weighted by Gasteiger charge is 2.19. The van der Waals surface area contributed by atoms with Gasteiger partial charge in [0, 0.05) is 19.2 Å². The van der Waals surface area contributed by atoms with E-state index in [1.807, 2.05) is 4.90 Å². The van der Waals surface area contributed by atoms with Crippen LogP contribution in [0.3, 0.4) is 0 Å². The predicted octanol–water partition coefficient (Wildman–Crippen LogP) is 0.108. The predicted molar refractivity (Wildman–Crippen MR) is 90.4 cm³/mol. The van der Waals surface area contributed by atoms with Crippen molar-refractivity contribution < 1.29 is 13.9 Å². The third-order valence-electron chi connectivity index (χ3n) is 3.97. The van der Waals surface area contributed by atoms with Crippen LogP contribution in [0.4, 0.5) is 10.2 Å². The zero-order valence-electron chi connectivity index (χ0n) is 13.8. The van der Waals surface area contributed by atoms with E-state index in [2.05, 4.69) is 4.98 Å². The molecule has 8 nitrogen and oxygen atoms in total. The molecule has 3 rings (SSSR count). The maximum atomic E-state index is 13.6. The summed E-state index contributed by atoms with van der Waals surface area (Å²) in [4.78, 5) is 30.4. The molecule has 0 bridgehead atoms. The van der Waals surface area contributed by atoms with Gasteiger partial charge in [0.2, 0.25) is 5.91 Å². The SMILES string of the molecule is N#Cc1cc(-n2c(CC(N)=O)nc(N3CCOCC3)cc2=O)ccc1F. The van der Waals surface area contributed by atoms with Crippen molar-refractivity contribution in [1.29, 1.82) is 5.26 Å². The fourth-order valence-electron chi connectivity index (χ4n) is 2.76. The van der Waals surface area contributed by atoms with E-state index in [0.717, 1.165) is 10.6 Å². The first-order valence-corrected chi connectivity index (χ1v) is 7.93. The number of aromatic nitrogens is 2. The minimum Gasteiger partial charge on any atom is -0.378 e. The van der Waals surface area contributed by atoms with Gasteiger partial charge >= 0.3 is 0 Å². The first-order valence-electron chi connectivity index (χ1n) is 7.93. The lowest BCUT2D eigenvalue weighted by molar-refractivity contribution is -0.117. The number of morpholine rings is 1. The van der Waals surface area contributed by atoms with Gasteiger partial charge in [-0.05, 0) is 18.2 Å².